The van der Waals surface area contributed by atoms with Crippen LogP contribution in [0.5, 0.6) is 0 Å². The van der Waals surface area contributed by atoms with E-state index in [1.54, 1.807) is 0 Å². The van der Waals surface area contributed by atoms with E-state index in [9.17, 15) is 9.90 Å². The van der Waals surface area contributed by atoms with E-state index >= 15 is 0 Å². The SMILES string of the molecule is C[C@@H]1CCCN(c2ncccc2C2=CCC(C3=C(Cc4ccccc4)C(=O)NC(O)N3)CC2)C1. The average Bonchev–Trinajstić information content (AvgIpc) is 2.86. The predicted molar refractivity (Wildman–Crippen MR) is 135 cm³/mol. The summed E-state index contributed by atoms with van der Waals surface area (Å²) in [6.07, 6.45) is 8.91. The quantitative estimate of drug-likeness (QED) is 0.632. The van der Waals surface area contributed by atoms with Crippen molar-refractivity contribution in [2.45, 2.75) is 51.8 Å². The number of pyridine rings is 1. The highest BCUT2D eigenvalue weighted by atomic mass is 16.3. The average molecular weight is 459 g/mol. The van der Waals surface area contributed by atoms with Gasteiger partial charge >= 0.3 is 0 Å². The van der Waals surface area contributed by atoms with Crippen molar-refractivity contribution in [3.8, 4) is 0 Å². The molecule has 3 atom stereocenters. The number of carbonyl (C=O) groups excluding carboxylic acids is 1. The molecule has 2 aromatic rings. The Bertz CT molecular complexity index is 1090. The Hall–Kier alpha value is -3.12. The molecule has 34 heavy (non-hydrogen) atoms. The van der Waals surface area contributed by atoms with Crippen LogP contribution in [0.1, 0.15) is 50.2 Å². The number of aromatic nitrogens is 1. The van der Waals surface area contributed by atoms with Crippen molar-refractivity contribution < 1.29 is 9.90 Å². The molecule has 1 saturated heterocycles. The van der Waals surface area contributed by atoms with Crippen molar-refractivity contribution in [1.82, 2.24) is 15.6 Å². The van der Waals surface area contributed by atoms with E-state index in [1.165, 1.54) is 24.0 Å². The number of aliphatic hydroxyl groups is 1. The molecule has 0 radical (unpaired) electrons. The second-order valence-corrected chi connectivity index (χ2v) is 9.84. The molecule has 6 nitrogen and oxygen atoms in total. The van der Waals surface area contributed by atoms with Gasteiger partial charge < -0.3 is 20.6 Å². The lowest BCUT2D eigenvalue weighted by molar-refractivity contribution is -0.122. The van der Waals surface area contributed by atoms with Crippen LogP contribution in [-0.2, 0) is 11.2 Å². The summed E-state index contributed by atoms with van der Waals surface area (Å²) >= 11 is 0. The van der Waals surface area contributed by atoms with Gasteiger partial charge in [-0.1, -0.05) is 43.3 Å². The first-order valence-electron chi connectivity index (χ1n) is 12.5. The molecule has 0 saturated carbocycles. The summed E-state index contributed by atoms with van der Waals surface area (Å²) in [5, 5.41) is 16.0. The molecular formula is C28H34N4O2. The number of amides is 1. The van der Waals surface area contributed by atoms with E-state index in [0.717, 1.165) is 55.0 Å². The number of aliphatic hydroxyl groups excluding tert-OH is 1. The molecule has 1 aliphatic carbocycles. The first kappa shape index (κ1) is 22.7. The maximum absolute atomic E-state index is 12.8. The number of anilines is 1. The Balaban J connectivity index is 1.39. The summed E-state index contributed by atoms with van der Waals surface area (Å²) in [5.74, 6) is 1.79. The third kappa shape index (κ3) is 4.87. The molecular weight excluding hydrogens is 424 g/mol. The van der Waals surface area contributed by atoms with E-state index in [0.29, 0.717) is 12.3 Å². The van der Waals surface area contributed by atoms with Crippen LogP contribution in [0.25, 0.3) is 5.57 Å². The molecule has 1 amide bonds. The number of nitrogens with one attached hydrogen (secondary N) is 2. The van der Waals surface area contributed by atoms with Gasteiger partial charge in [-0.05, 0) is 61.3 Å². The van der Waals surface area contributed by atoms with Gasteiger partial charge in [0.05, 0.1) is 0 Å². The van der Waals surface area contributed by atoms with Gasteiger partial charge in [0.25, 0.3) is 5.91 Å². The monoisotopic (exact) mass is 458 g/mol. The summed E-state index contributed by atoms with van der Waals surface area (Å²) in [4.78, 5) is 20.0. The molecule has 3 N–H and O–H groups in total. The fourth-order valence-electron chi connectivity index (χ4n) is 5.57. The van der Waals surface area contributed by atoms with Gasteiger partial charge in [0.2, 0.25) is 6.35 Å². The fraction of sp³-hybridized carbons (Fsp3) is 0.429. The third-order valence-corrected chi connectivity index (χ3v) is 7.29. The van der Waals surface area contributed by atoms with E-state index in [4.69, 9.17) is 4.98 Å². The second kappa shape index (κ2) is 10.0. The first-order chi connectivity index (χ1) is 16.6. The van der Waals surface area contributed by atoms with Crippen LogP contribution in [-0.4, -0.2) is 35.4 Å². The van der Waals surface area contributed by atoms with E-state index in [2.05, 4.69) is 34.6 Å². The molecule has 2 unspecified atom stereocenters. The van der Waals surface area contributed by atoms with Crippen LogP contribution in [0, 0.1) is 11.8 Å². The van der Waals surface area contributed by atoms with Crippen molar-refractivity contribution in [2.75, 3.05) is 18.0 Å². The number of nitrogens with zero attached hydrogens (tertiary/aromatic N) is 2. The Kier molecular flexibility index (Phi) is 6.68. The Morgan fingerprint density at radius 3 is 2.74 bits per heavy atom. The van der Waals surface area contributed by atoms with Gasteiger partial charge in [-0.2, -0.15) is 0 Å². The van der Waals surface area contributed by atoms with Gasteiger partial charge in [0.15, 0.2) is 0 Å². The second-order valence-electron chi connectivity index (χ2n) is 9.84. The van der Waals surface area contributed by atoms with Crippen molar-refractivity contribution in [2.24, 2.45) is 11.8 Å². The Morgan fingerprint density at radius 1 is 1.12 bits per heavy atom. The lowest BCUT2D eigenvalue weighted by Crippen LogP contribution is -2.52. The van der Waals surface area contributed by atoms with Crippen molar-refractivity contribution in [3.63, 3.8) is 0 Å². The minimum atomic E-state index is -1.04. The fourth-order valence-corrected chi connectivity index (χ4v) is 5.57. The maximum atomic E-state index is 12.8. The van der Waals surface area contributed by atoms with Crippen molar-refractivity contribution >= 4 is 17.3 Å². The first-order valence-corrected chi connectivity index (χ1v) is 12.5. The zero-order valence-electron chi connectivity index (χ0n) is 19.8. The number of rotatable bonds is 5. The molecule has 178 valence electrons. The molecule has 5 rings (SSSR count). The van der Waals surface area contributed by atoms with Crippen LogP contribution in [0.4, 0.5) is 5.82 Å². The summed E-state index contributed by atoms with van der Waals surface area (Å²) in [6, 6.07) is 14.3. The van der Waals surface area contributed by atoms with Crippen LogP contribution in [0.15, 0.2) is 66.0 Å². The van der Waals surface area contributed by atoms with Gasteiger partial charge in [0, 0.05) is 48.5 Å². The molecule has 3 heterocycles. The van der Waals surface area contributed by atoms with Gasteiger partial charge in [-0.15, -0.1) is 0 Å². The Labute approximate surface area is 201 Å². The molecule has 3 aliphatic rings. The lowest BCUT2D eigenvalue weighted by atomic mass is 9.82. The van der Waals surface area contributed by atoms with Gasteiger partial charge in [-0.25, -0.2) is 4.98 Å². The summed E-state index contributed by atoms with van der Waals surface area (Å²) in [7, 11) is 0. The number of hydrogen-bond acceptors (Lipinski definition) is 5. The molecule has 6 heteroatoms. The minimum Gasteiger partial charge on any atom is -0.356 e. The van der Waals surface area contributed by atoms with Crippen LogP contribution >= 0.6 is 0 Å². The highest BCUT2D eigenvalue weighted by molar-refractivity contribution is 5.95. The number of carbonyl (C=O) groups is 1. The normalized spacial score (nSPS) is 25.5. The molecule has 1 aromatic carbocycles. The third-order valence-electron chi connectivity index (χ3n) is 7.29. The van der Waals surface area contributed by atoms with Crippen LogP contribution in [0.2, 0.25) is 0 Å². The minimum absolute atomic E-state index is 0.179. The summed E-state index contributed by atoms with van der Waals surface area (Å²) in [5.41, 5.74) is 5.27. The molecule has 2 aliphatic heterocycles. The molecule has 0 spiro atoms. The molecule has 0 bridgehead atoms. The van der Waals surface area contributed by atoms with Crippen molar-refractivity contribution in [3.05, 3.63) is 77.1 Å². The van der Waals surface area contributed by atoms with E-state index < -0.39 is 6.35 Å². The number of hydrogen-bond donors (Lipinski definition) is 3. The highest BCUT2D eigenvalue weighted by Crippen LogP contribution is 2.38. The van der Waals surface area contributed by atoms with Gasteiger partial charge in [-0.3, -0.25) is 4.79 Å². The number of allylic oxidation sites excluding steroid dienone is 3. The lowest BCUT2D eigenvalue weighted by Gasteiger charge is -2.35. The topological polar surface area (TPSA) is 77.5 Å². The summed E-state index contributed by atoms with van der Waals surface area (Å²) in [6.45, 7) is 4.45. The van der Waals surface area contributed by atoms with Crippen LogP contribution < -0.4 is 15.5 Å². The molecule has 1 fully saturated rings. The van der Waals surface area contributed by atoms with Crippen LogP contribution in [0.3, 0.4) is 0 Å². The standard InChI is InChI=1S/C28H34N4O2/c1-19-7-6-16-32(18-19)26-23(10-5-15-29-26)21-11-13-22(14-12-21)25-24(27(33)31-28(34)30-25)17-20-8-3-2-4-9-20/h2-5,8-11,15,19,22,28,30,34H,6-7,12-14,16-18H2,1H3,(H,31,33)/t19-,22?,28?/m1/s1. The Morgan fingerprint density at radius 2 is 1.97 bits per heavy atom. The number of piperidine rings is 1. The molecule has 1 aromatic heterocycles. The summed E-state index contributed by atoms with van der Waals surface area (Å²) < 4.78 is 0. The highest BCUT2D eigenvalue weighted by Gasteiger charge is 2.31. The maximum Gasteiger partial charge on any atom is 0.252 e. The van der Waals surface area contributed by atoms with Gasteiger partial charge in [0.1, 0.15) is 5.82 Å². The van der Waals surface area contributed by atoms with E-state index in [1.807, 2.05) is 42.6 Å². The largest absolute Gasteiger partial charge is 0.356 e. The zero-order chi connectivity index (χ0) is 23.5. The van der Waals surface area contributed by atoms with E-state index in [-0.39, 0.29) is 11.8 Å². The predicted octanol–water partition coefficient (Wildman–Crippen LogP) is 3.99. The van der Waals surface area contributed by atoms with Crippen molar-refractivity contribution in [1.29, 1.82) is 0 Å². The zero-order valence-corrected chi connectivity index (χ0v) is 19.8. The smallest absolute Gasteiger partial charge is 0.252 e. The number of benzene rings is 1.